The van der Waals surface area contributed by atoms with Crippen LogP contribution in [0.4, 0.5) is 0 Å². The van der Waals surface area contributed by atoms with Gasteiger partial charge in [0.1, 0.15) is 0 Å². The van der Waals surface area contributed by atoms with E-state index in [1.54, 1.807) is 11.3 Å². The molecule has 0 saturated carbocycles. The molecule has 0 aliphatic carbocycles. The van der Waals surface area contributed by atoms with Crippen LogP contribution in [0.2, 0.25) is 0 Å². The summed E-state index contributed by atoms with van der Waals surface area (Å²) in [6, 6.07) is 10.6. The first-order chi connectivity index (χ1) is 11.5. The molecule has 0 saturated heterocycles. The number of benzene rings is 1. The fourth-order valence-corrected chi connectivity index (χ4v) is 3.19. The number of hydrogen-bond acceptors (Lipinski definition) is 3. The molecule has 0 aliphatic heterocycles. The van der Waals surface area contributed by atoms with Crippen molar-refractivity contribution in [1.82, 2.24) is 15.6 Å². The molecule has 2 aromatic rings. The molecule has 0 bridgehead atoms. The third-order valence-corrected chi connectivity index (χ3v) is 4.80. The van der Waals surface area contributed by atoms with Crippen LogP contribution in [0.3, 0.4) is 0 Å². The fraction of sp³-hybridized carbons (Fsp3) is 0.474. The molecule has 24 heavy (non-hydrogen) atoms. The Morgan fingerprint density at radius 3 is 2.58 bits per heavy atom. The van der Waals surface area contributed by atoms with E-state index in [1.807, 2.05) is 6.20 Å². The van der Waals surface area contributed by atoms with Crippen LogP contribution in [-0.2, 0) is 11.8 Å². The van der Waals surface area contributed by atoms with Crippen molar-refractivity contribution in [3.63, 3.8) is 0 Å². The van der Waals surface area contributed by atoms with E-state index in [4.69, 9.17) is 4.99 Å². The Kier molecular flexibility index (Phi) is 6.79. The average Bonchev–Trinajstić information content (AvgIpc) is 2.99. The van der Waals surface area contributed by atoms with Crippen LogP contribution in [0.15, 0.2) is 41.5 Å². The van der Waals surface area contributed by atoms with E-state index in [9.17, 15) is 0 Å². The minimum atomic E-state index is 0.00995. The molecule has 0 unspecified atom stereocenters. The zero-order valence-corrected chi connectivity index (χ0v) is 15.9. The second-order valence-corrected chi connectivity index (χ2v) is 7.81. The Balaban J connectivity index is 1.92. The number of aromatic nitrogens is 1. The van der Waals surface area contributed by atoms with Gasteiger partial charge >= 0.3 is 0 Å². The highest BCUT2D eigenvalue weighted by molar-refractivity contribution is 7.11. The molecule has 1 aromatic carbocycles. The van der Waals surface area contributed by atoms with Crippen LogP contribution in [0.1, 0.15) is 36.2 Å². The van der Waals surface area contributed by atoms with Crippen LogP contribution >= 0.6 is 11.3 Å². The van der Waals surface area contributed by atoms with Crippen LogP contribution in [0.25, 0.3) is 0 Å². The zero-order valence-electron chi connectivity index (χ0n) is 15.1. The predicted molar refractivity (Wildman–Crippen MR) is 104 cm³/mol. The van der Waals surface area contributed by atoms with E-state index >= 15 is 0 Å². The summed E-state index contributed by atoms with van der Waals surface area (Å²) >= 11 is 1.76. The van der Waals surface area contributed by atoms with E-state index in [-0.39, 0.29) is 5.41 Å². The minimum Gasteiger partial charge on any atom is -0.357 e. The third kappa shape index (κ3) is 5.64. The quantitative estimate of drug-likeness (QED) is 0.597. The van der Waals surface area contributed by atoms with Gasteiger partial charge in [0.15, 0.2) is 5.96 Å². The number of hydrogen-bond donors (Lipinski definition) is 2. The van der Waals surface area contributed by atoms with Crippen molar-refractivity contribution in [3.05, 3.63) is 52.0 Å². The molecule has 2 rings (SSSR count). The van der Waals surface area contributed by atoms with Gasteiger partial charge in [0.05, 0.1) is 11.6 Å². The number of nitrogens with zero attached hydrogens (tertiary/aromatic N) is 2. The molecule has 0 fully saturated rings. The first-order valence-electron chi connectivity index (χ1n) is 8.50. The van der Waals surface area contributed by atoms with Gasteiger partial charge in [-0.1, -0.05) is 44.2 Å². The summed E-state index contributed by atoms with van der Waals surface area (Å²) in [4.78, 5) is 10.4. The van der Waals surface area contributed by atoms with Gasteiger partial charge in [-0.25, -0.2) is 4.98 Å². The third-order valence-electron chi connectivity index (χ3n) is 3.83. The Hall–Kier alpha value is -1.88. The van der Waals surface area contributed by atoms with Crippen LogP contribution in [0, 0.1) is 6.92 Å². The molecule has 0 aliphatic rings. The number of aliphatic imine (C=N–C) groups is 1. The summed E-state index contributed by atoms with van der Waals surface area (Å²) in [6.07, 6.45) is 2.85. The molecule has 0 atom stereocenters. The van der Waals surface area contributed by atoms with Gasteiger partial charge in [-0.2, -0.15) is 0 Å². The van der Waals surface area contributed by atoms with Crippen molar-refractivity contribution in [3.8, 4) is 0 Å². The zero-order chi connectivity index (χ0) is 17.4. The predicted octanol–water partition coefficient (Wildman–Crippen LogP) is 3.53. The first kappa shape index (κ1) is 18.5. The maximum atomic E-state index is 4.78. The molecular weight excluding hydrogens is 316 g/mol. The molecule has 5 heteroatoms. The SMILES string of the molecule is CCNC(=NCC(C)(C)c1ccccc1)NCCc1ncc(C)s1. The number of nitrogens with one attached hydrogen (secondary N) is 2. The number of rotatable bonds is 7. The Morgan fingerprint density at radius 1 is 1.21 bits per heavy atom. The average molecular weight is 345 g/mol. The maximum absolute atomic E-state index is 4.78. The molecular formula is C19H28N4S. The summed E-state index contributed by atoms with van der Waals surface area (Å²) in [6.45, 7) is 11.1. The van der Waals surface area contributed by atoms with E-state index in [2.05, 4.69) is 73.6 Å². The molecule has 0 amide bonds. The summed E-state index contributed by atoms with van der Waals surface area (Å²) < 4.78 is 0. The van der Waals surface area contributed by atoms with Crippen molar-refractivity contribution in [2.45, 2.75) is 39.5 Å². The Morgan fingerprint density at radius 2 is 1.96 bits per heavy atom. The van der Waals surface area contributed by atoms with Gasteiger partial charge in [-0.3, -0.25) is 4.99 Å². The molecule has 1 aromatic heterocycles. The lowest BCUT2D eigenvalue weighted by Gasteiger charge is -2.23. The van der Waals surface area contributed by atoms with Gasteiger partial charge in [0.2, 0.25) is 0 Å². The van der Waals surface area contributed by atoms with Crippen molar-refractivity contribution in [2.24, 2.45) is 4.99 Å². The Labute approximate surface area is 149 Å². The second kappa shape index (κ2) is 8.83. The largest absolute Gasteiger partial charge is 0.357 e. The van der Waals surface area contributed by atoms with E-state index in [0.717, 1.165) is 32.0 Å². The molecule has 0 radical (unpaired) electrons. The topological polar surface area (TPSA) is 49.3 Å². The van der Waals surface area contributed by atoms with E-state index in [0.29, 0.717) is 0 Å². The second-order valence-electron chi connectivity index (χ2n) is 6.49. The lowest BCUT2D eigenvalue weighted by Crippen LogP contribution is -2.39. The summed E-state index contributed by atoms with van der Waals surface area (Å²) in [5.74, 6) is 0.870. The van der Waals surface area contributed by atoms with Crippen LogP contribution in [-0.4, -0.2) is 30.6 Å². The molecule has 1 heterocycles. The molecule has 4 nitrogen and oxygen atoms in total. The summed E-state index contributed by atoms with van der Waals surface area (Å²) in [7, 11) is 0. The van der Waals surface area contributed by atoms with Gasteiger partial charge < -0.3 is 10.6 Å². The standard InChI is InChI=1S/C19H28N4S/c1-5-20-18(21-12-11-17-22-13-15(2)24-17)23-14-19(3,4)16-9-7-6-8-10-16/h6-10,13H,5,11-12,14H2,1-4H3,(H2,20,21,23). The van der Waals surface area contributed by atoms with Crippen molar-refractivity contribution < 1.29 is 0 Å². The van der Waals surface area contributed by atoms with Crippen molar-refractivity contribution in [2.75, 3.05) is 19.6 Å². The number of thiazole rings is 1. The molecule has 130 valence electrons. The maximum Gasteiger partial charge on any atom is 0.191 e. The number of aryl methyl sites for hydroxylation is 1. The number of guanidine groups is 1. The van der Waals surface area contributed by atoms with Crippen molar-refractivity contribution >= 4 is 17.3 Å². The lowest BCUT2D eigenvalue weighted by molar-refractivity contribution is 0.537. The monoisotopic (exact) mass is 344 g/mol. The normalized spacial score (nSPS) is 12.2. The van der Waals surface area contributed by atoms with Gasteiger partial charge in [-0.15, -0.1) is 11.3 Å². The highest BCUT2D eigenvalue weighted by atomic mass is 32.1. The van der Waals surface area contributed by atoms with Gasteiger partial charge in [-0.05, 0) is 19.4 Å². The molecule has 0 spiro atoms. The smallest absolute Gasteiger partial charge is 0.191 e. The van der Waals surface area contributed by atoms with Crippen molar-refractivity contribution in [1.29, 1.82) is 0 Å². The highest BCUT2D eigenvalue weighted by Crippen LogP contribution is 2.22. The van der Waals surface area contributed by atoms with Gasteiger partial charge in [0.25, 0.3) is 0 Å². The van der Waals surface area contributed by atoms with Crippen LogP contribution < -0.4 is 10.6 Å². The summed E-state index contributed by atoms with van der Waals surface area (Å²) in [5.41, 5.74) is 1.32. The Bertz CT molecular complexity index is 646. The van der Waals surface area contributed by atoms with Crippen LogP contribution in [0.5, 0.6) is 0 Å². The van der Waals surface area contributed by atoms with E-state index in [1.165, 1.54) is 15.4 Å². The minimum absolute atomic E-state index is 0.00995. The van der Waals surface area contributed by atoms with Gasteiger partial charge in [0, 0.05) is 36.0 Å². The first-order valence-corrected chi connectivity index (χ1v) is 9.32. The lowest BCUT2D eigenvalue weighted by atomic mass is 9.85. The highest BCUT2D eigenvalue weighted by Gasteiger charge is 2.19. The molecule has 2 N–H and O–H groups in total. The fourth-order valence-electron chi connectivity index (χ4n) is 2.40. The van der Waals surface area contributed by atoms with E-state index < -0.39 is 0 Å². The summed E-state index contributed by atoms with van der Waals surface area (Å²) in [5, 5.41) is 7.90.